The molecule has 156 valence electrons. The van der Waals surface area contributed by atoms with E-state index in [-0.39, 0.29) is 24.0 Å². The third kappa shape index (κ3) is 8.76. The van der Waals surface area contributed by atoms with Crippen molar-refractivity contribution in [1.29, 1.82) is 0 Å². The maximum atomic E-state index is 5.71. The van der Waals surface area contributed by atoms with Crippen LogP contribution in [0.3, 0.4) is 0 Å². The number of nitrogens with zero attached hydrogens (tertiary/aromatic N) is 4. The number of nitrogens with one attached hydrogen (secondary N) is 2. The van der Waals surface area contributed by atoms with Crippen LogP contribution in [0.1, 0.15) is 70.4 Å². The molecule has 1 saturated heterocycles. The molecule has 1 aliphatic rings. The molecule has 1 aromatic rings. The Labute approximate surface area is 181 Å². The highest BCUT2D eigenvalue weighted by Crippen LogP contribution is 2.10. The van der Waals surface area contributed by atoms with Gasteiger partial charge in [0.05, 0.1) is 6.10 Å². The Kier molecular flexibility index (Phi) is 11.9. The summed E-state index contributed by atoms with van der Waals surface area (Å²) in [7, 11) is 1.98. The molecule has 2 unspecified atom stereocenters. The number of guanidine groups is 1. The van der Waals surface area contributed by atoms with Crippen molar-refractivity contribution in [1.82, 2.24) is 25.4 Å². The van der Waals surface area contributed by atoms with Crippen molar-refractivity contribution in [3.05, 3.63) is 11.6 Å². The van der Waals surface area contributed by atoms with Crippen molar-refractivity contribution in [2.75, 3.05) is 13.2 Å². The van der Waals surface area contributed by atoms with Crippen LogP contribution in [0.25, 0.3) is 0 Å². The van der Waals surface area contributed by atoms with E-state index in [0.29, 0.717) is 18.7 Å². The zero-order valence-corrected chi connectivity index (χ0v) is 19.7. The molecule has 2 heterocycles. The van der Waals surface area contributed by atoms with Crippen LogP contribution in [-0.4, -0.2) is 46.0 Å². The molecule has 1 aromatic heterocycles. The molecular weight excluding hydrogens is 455 g/mol. The van der Waals surface area contributed by atoms with E-state index in [9.17, 15) is 0 Å². The number of hydrogen-bond donors (Lipinski definition) is 2. The van der Waals surface area contributed by atoms with Gasteiger partial charge in [-0.15, -0.1) is 34.2 Å². The van der Waals surface area contributed by atoms with Gasteiger partial charge in [-0.2, -0.15) is 0 Å². The number of halogens is 1. The predicted molar refractivity (Wildman–Crippen MR) is 121 cm³/mol. The first-order valence-electron chi connectivity index (χ1n) is 10.1. The van der Waals surface area contributed by atoms with Gasteiger partial charge in [-0.1, -0.05) is 32.6 Å². The molecule has 0 radical (unpaired) electrons. The first kappa shape index (κ1) is 24.1. The van der Waals surface area contributed by atoms with Crippen molar-refractivity contribution < 1.29 is 4.74 Å². The normalized spacial score (nSPS) is 18.2. The largest absolute Gasteiger partial charge is 0.376 e. The van der Waals surface area contributed by atoms with Gasteiger partial charge in [-0.3, -0.25) is 0 Å². The standard InChI is InChI=1S/C19H36N6O.HI/c1-5-6-7-8-10-15(2)22-19(20-13-17-11-9-12-26-17)21-14-18-24-23-16(3)25(18)4;/h15,17H,5-14H2,1-4H3,(H2,20,21,22);1H. The van der Waals surface area contributed by atoms with Gasteiger partial charge in [0.15, 0.2) is 11.8 Å². The summed E-state index contributed by atoms with van der Waals surface area (Å²) in [6.45, 7) is 8.61. The van der Waals surface area contributed by atoms with Crippen LogP contribution in [0.2, 0.25) is 0 Å². The van der Waals surface area contributed by atoms with Crippen LogP contribution in [0.4, 0.5) is 0 Å². The highest BCUT2D eigenvalue weighted by atomic mass is 127. The third-order valence-corrected chi connectivity index (χ3v) is 4.96. The number of unbranched alkanes of at least 4 members (excludes halogenated alkanes) is 3. The molecule has 7 nitrogen and oxygen atoms in total. The molecule has 0 saturated carbocycles. The van der Waals surface area contributed by atoms with Crippen molar-refractivity contribution in [2.45, 2.75) is 84.4 Å². The zero-order chi connectivity index (χ0) is 18.8. The van der Waals surface area contributed by atoms with Gasteiger partial charge in [-0.05, 0) is 33.1 Å². The molecule has 0 bridgehead atoms. The third-order valence-electron chi connectivity index (χ3n) is 4.96. The number of hydrogen-bond acceptors (Lipinski definition) is 4. The predicted octanol–water partition coefficient (Wildman–Crippen LogP) is 3.31. The van der Waals surface area contributed by atoms with E-state index in [1.54, 1.807) is 0 Å². The summed E-state index contributed by atoms with van der Waals surface area (Å²) in [5, 5.41) is 15.3. The molecule has 0 aromatic carbocycles. The SMILES string of the molecule is CCCCCCC(C)NC(=NCc1nnc(C)n1C)NCC1CCCO1.I. The van der Waals surface area contributed by atoms with Crippen LogP contribution < -0.4 is 10.6 Å². The molecule has 2 rings (SSSR count). The van der Waals surface area contributed by atoms with E-state index < -0.39 is 0 Å². The minimum atomic E-state index is 0. The molecule has 27 heavy (non-hydrogen) atoms. The fraction of sp³-hybridized carbons (Fsp3) is 0.842. The average molecular weight is 492 g/mol. The second-order valence-corrected chi connectivity index (χ2v) is 7.30. The average Bonchev–Trinajstić information content (AvgIpc) is 3.26. The van der Waals surface area contributed by atoms with E-state index >= 15 is 0 Å². The Hall–Kier alpha value is -0.900. The van der Waals surface area contributed by atoms with Crippen LogP contribution in [-0.2, 0) is 18.3 Å². The molecule has 2 N–H and O–H groups in total. The number of ether oxygens (including phenoxy) is 1. The number of aryl methyl sites for hydroxylation is 1. The lowest BCUT2D eigenvalue weighted by atomic mass is 10.1. The van der Waals surface area contributed by atoms with Gasteiger partial charge in [0, 0.05) is 26.2 Å². The van der Waals surface area contributed by atoms with Gasteiger partial charge < -0.3 is 19.9 Å². The molecule has 1 fully saturated rings. The lowest BCUT2D eigenvalue weighted by Crippen LogP contribution is -2.44. The van der Waals surface area contributed by atoms with Gasteiger partial charge in [-0.25, -0.2) is 4.99 Å². The molecule has 0 aliphatic carbocycles. The summed E-state index contributed by atoms with van der Waals surface area (Å²) in [6, 6.07) is 0.392. The molecule has 0 spiro atoms. The molecule has 2 atom stereocenters. The Morgan fingerprint density at radius 1 is 1.33 bits per heavy atom. The van der Waals surface area contributed by atoms with Crippen LogP contribution in [0.5, 0.6) is 0 Å². The van der Waals surface area contributed by atoms with E-state index in [0.717, 1.165) is 50.0 Å². The topological polar surface area (TPSA) is 76.4 Å². The minimum Gasteiger partial charge on any atom is -0.376 e. The molecular formula is C19H37IN6O. The quantitative estimate of drug-likeness (QED) is 0.227. The van der Waals surface area contributed by atoms with Crippen molar-refractivity contribution in [3.63, 3.8) is 0 Å². The van der Waals surface area contributed by atoms with E-state index in [2.05, 4.69) is 34.7 Å². The van der Waals surface area contributed by atoms with E-state index in [1.165, 1.54) is 25.7 Å². The van der Waals surface area contributed by atoms with E-state index in [4.69, 9.17) is 9.73 Å². The second-order valence-electron chi connectivity index (χ2n) is 7.30. The molecule has 8 heteroatoms. The highest BCUT2D eigenvalue weighted by molar-refractivity contribution is 14.0. The van der Waals surface area contributed by atoms with Crippen molar-refractivity contribution >= 4 is 29.9 Å². The number of aliphatic imine (C=N–C) groups is 1. The summed E-state index contributed by atoms with van der Waals surface area (Å²) in [5.41, 5.74) is 0. The summed E-state index contributed by atoms with van der Waals surface area (Å²) < 4.78 is 7.70. The summed E-state index contributed by atoms with van der Waals surface area (Å²) in [5.74, 6) is 2.61. The fourth-order valence-corrected chi connectivity index (χ4v) is 3.09. The summed E-state index contributed by atoms with van der Waals surface area (Å²) >= 11 is 0. The Morgan fingerprint density at radius 2 is 2.15 bits per heavy atom. The Morgan fingerprint density at radius 3 is 2.78 bits per heavy atom. The lowest BCUT2D eigenvalue weighted by Gasteiger charge is -2.20. The fourth-order valence-electron chi connectivity index (χ4n) is 3.09. The maximum absolute atomic E-state index is 5.71. The highest BCUT2D eigenvalue weighted by Gasteiger charge is 2.16. The smallest absolute Gasteiger partial charge is 0.192 e. The Balaban J connectivity index is 0.00000364. The molecule has 0 amide bonds. The second kappa shape index (κ2) is 13.3. The first-order valence-corrected chi connectivity index (χ1v) is 10.1. The monoisotopic (exact) mass is 492 g/mol. The summed E-state index contributed by atoms with van der Waals surface area (Å²) in [6.07, 6.45) is 8.86. The number of rotatable bonds is 10. The van der Waals surface area contributed by atoms with Crippen molar-refractivity contribution in [3.8, 4) is 0 Å². The summed E-state index contributed by atoms with van der Waals surface area (Å²) in [4.78, 5) is 4.73. The van der Waals surface area contributed by atoms with Gasteiger partial charge in [0.25, 0.3) is 0 Å². The molecule has 1 aliphatic heterocycles. The Bertz CT molecular complexity index is 556. The van der Waals surface area contributed by atoms with Crippen molar-refractivity contribution in [2.24, 2.45) is 12.0 Å². The first-order chi connectivity index (χ1) is 12.6. The number of aromatic nitrogens is 3. The zero-order valence-electron chi connectivity index (χ0n) is 17.3. The van der Waals surface area contributed by atoms with Gasteiger partial charge in [0.2, 0.25) is 0 Å². The van der Waals surface area contributed by atoms with Gasteiger partial charge >= 0.3 is 0 Å². The van der Waals surface area contributed by atoms with Crippen LogP contribution in [0.15, 0.2) is 4.99 Å². The van der Waals surface area contributed by atoms with Crippen LogP contribution >= 0.6 is 24.0 Å². The maximum Gasteiger partial charge on any atom is 0.192 e. The van der Waals surface area contributed by atoms with E-state index in [1.807, 2.05) is 18.5 Å². The lowest BCUT2D eigenvalue weighted by molar-refractivity contribution is 0.113. The minimum absolute atomic E-state index is 0. The van der Waals surface area contributed by atoms with Crippen LogP contribution in [0, 0.1) is 6.92 Å². The van der Waals surface area contributed by atoms with Gasteiger partial charge in [0.1, 0.15) is 12.4 Å².